The highest BCUT2D eigenvalue weighted by Gasteiger charge is 2.29. The molecule has 2 aromatic rings. The fourth-order valence-electron chi connectivity index (χ4n) is 2.19. The van der Waals surface area contributed by atoms with E-state index >= 15 is 0 Å². The number of carbonyl (C=O) groups is 2. The van der Waals surface area contributed by atoms with Crippen molar-refractivity contribution in [2.24, 2.45) is 0 Å². The fourth-order valence-corrected chi connectivity index (χ4v) is 2.19. The average Bonchev–Trinajstić information content (AvgIpc) is 2.79. The van der Waals surface area contributed by atoms with Crippen LogP contribution >= 0.6 is 0 Å². The van der Waals surface area contributed by atoms with E-state index in [2.05, 4.69) is 0 Å². The first-order valence-corrected chi connectivity index (χ1v) is 6.60. The summed E-state index contributed by atoms with van der Waals surface area (Å²) in [6, 6.07) is 9.40. The van der Waals surface area contributed by atoms with Gasteiger partial charge < -0.3 is 9.52 Å². The van der Waals surface area contributed by atoms with Gasteiger partial charge in [-0.3, -0.25) is 9.69 Å². The lowest BCUT2D eigenvalue weighted by Crippen LogP contribution is -2.43. The Hall–Kier alpha value is -2.56. The largest absolute Gasteiger partial charge is 0.480 e. The van der Waals surface area contributed by atoms with Gasteiger partial charge in [0.25, 0.3) is 5.91 Å². The van der Waals surface area contributed by atoms with E-state index < -0.39 is 12.0 Å². The summed E-state index contributed by atoms with van der Waals surface area (Å²) in [4.78, 5) is 25.3. The van der Waals surface area contributed by atoms with Crippen molar-refractivity contribution in [2.45, 2.75) is 26.8 Å². The van der Waals surface area contributed by atoms with Gasteiger partial charge >= 0.3 is 5.97 Å². The summed E-state index contributed by atoms with van der Waals surface area (Å²) >= 11 is 0. The molecule has 1 amide bonds. The number of furan rings is 1. The number of aryl methyl sites for hydroxylation is 2. The summed E-state index contributed by atoms with van der Waals surface area (Å²) in [6.45, 7) is 4.92. The molecule has 0 aliphatic carbocycles. The molecule has 0 radical (unpaired) electrons. The third-order valence-electron chi connectivity index (χ3n) is 3.27. The Morgan fingerprint density at radius 1 is 1.19 bits per heavy atom. The summed E-state index contributed by atoms with van der Waals surface area (Å²) in [6.07, 6.45) is 0. The minimum atomic E-state index is -1.06. The van der Waals surface area contributed by atoms with E-state index in [0.717, 1.165) is 0 Å². The number of amides is 1. The van der Waals surface area contributed by atoms with Crippen LogP contribution in [0.1, 0.15) is 28.8 Å². The Morgan fingerprint density at radius 2 is 1.81 bits per heavy atom. The summed E-state index contributed by atoms with van der Waals surface area (Å²) in [5.41, 5.74) is 0.917. The number of hydrogen-bond donors (Lipinski definition) is 1. The topological polar surface area (TPSA) is 70.8 Å². The van der Waals surface area contributed by atoms with Gasteiger partial charge in [0, 0.05) is 5.69 Å². The van der Waals surface area contributed by atoms with Gasteiger partial charge in [0.15, 0.2) is 0 Å². The second-order valence-corrected chi connectivity index (χ2v) is 4.85. The zero-order valence-corrected chi connectivity index (χ0v) is 12.2. The van der Waals surface area contributed by atoms with Gasteiger partial charge in [-0.1, -0.05) is 18.2 Å². The normalized spacial score (nSPS) is 12.0. The van der Waals surface area contributed by atoms with Crippen LogP contribution in [0.25, 0.3) is 0 Å². The van der Waals surface area contributed by atoms with Crippen molar-refractivity contribution in [3.8, 4) is 0 Å². The van der Waals surface area contributed by atoms with Gasteiger partial charge in [-0.15, -0.1) is 0 Å². The second kappa shape index (κ2) is 5.83. The van der Waals surface area contributed by atoms with E-state index in [9.17, 15) is 14.7 Å². The SMILES string of the molecule is Cc1cc(C(=O)N(c2ccccc2)[C@@H](C)C(=O)O)c(C)o1. The predicted molar refractivity (Wildman–Crippen MR) is 78.5 cm³/mol. The van der Waals surface area contributed by atoms with Crippen LogP contribution in [0.15, 0.2) is 40.8 Å². The van der Waals surface area contributed by atoms with Crippen molar-refractivity contribution in [1.82, 2.24) is 0 Å². The Kier molecular flexibility index (Phi) is 4.12. The zero-order valence-electron chi connectivity index (χ0n) is 12.2. The first-order chi connectivity index (χ1) is 9.91. The number of para-hydroxylation sites is 1. The van der Waals surface area contributed by atoms with Crippen LogP contribution in [0, 0.1) is 13.8 Å². The molecule has 21 heavy (non-hydrogen) atoms. The Balaban J connectivity index is 2.47. The van der Waals surface area contributed by atoms with Crippen molar-refractivity contribution in [3.05, 3.63) is 53.5 Å². The van der Waals surface area contributed by atoms with Crippen LogP contribution in [0.2, 0.25) is 0 Å². The molecule has 1 aromatic carbocycles. The minimum Gasteiger partial charge on any atom is -0.480 e. The van der Waals surface area contributed by atoms with Crippen LogP contribution in [-0.4, -0.2) is 23.0 Å². The highest BCUT2D eigenvalue weighted by molar-refractivity contribution is 6.09. The zero-order chi connectivity index (χ0) is 15.6. The lowest BCUT2D eigenvalue weighted by atomic mass is 10.1. The molecule has 0 bridgehead atoms. The molecular formula is C16H17NO4. The number of anilines is 1. The molecule has 2 rings (SSSR count). The third kappa shape index (κ3) is 2.97. The predicted octanol–water partition coefficient (Wildman–Crippen LogP) is 3.02. The molecule has 0 saturated heterocycles. The minimum absolute atomic E-state index is 0.379. The maximum atomic E-state index is 12.7. The number of carboxylic acid groups (broad SMARTS) is 1. The third-order valence-corrected chi connectivity index (χ3v) is 3.27. The van der Waals surface area contributed by atoms with E-state index in [0.29, 0.717) is 22.8 Å². The number of carboxylic acids is 1. The van der Waals surface area contributed by atoms with Crippen molar-refractivity contribution in [2.75, 3.05) is 4.90 Å². The molecule has 0 saturated carbocycles. The maximum Gasteiger partial charge on any atom is 0.326 e. The van der Waals surface area contributed by atoms with Crippen LogP contribution in [0.3, 0.4) is 0 Å². The van der Waals surface area contributed by atoms with Gasteiger partial charge in [-0.05, 0) is 39.0 Å². The Bertz CT molecular complexity index is 660. The molecule has 1 aromatic heterocycles. The molecule has 5 heteroatoms. The number of carbonyl (C=O) groups excluding carboxylic acids is 1. The van der Waals surface area contributed by atoms with E-state index in [4.69, 9.17) is 4.42 Å². The molecule has 5 nitrogen and oxygen atoms in total. The monoisotopic (exact) mass is 287 g/mol. The summed E-state index contributed by atoms with van der Waals surface area (Å²) < 4.78 is 5.37. The fraction of sp³-hybridized carbons (Fsp3) is 0.250. The highest BCUT2D eigenvalue weighted by atomic mass is 16.4. The van der Waals surface area contributed by atoms with Crippen molar-refractivity contribution in [3.63, 3.8) is 0 Å². The van der Waals surface area contributed by atoms with Gasteiger partial charge in [0.05, 0.1) is 5.56 Å². The van der Waals surface area contributed by atoms with Crippen LogP contribution in [0.4, 0.5) is 5.69 Å². The molecular weight excluding hydrogens is 270 g/mol. The van der Waals surface area contributed by atoms with E-state index in [-0.39, 0.29) is 5.91 Å². The molecule has 0 aliphatic rings. The number of aliphatic carboxylic acids is 1. The smallest absolute Gasteiger partial charge is 0.326 e. The number of benzene rings is 1. The van der Waals surface area contributed by atoms with Gasteiger partial charge in [-0.25, -0.2) is 4.79 Å². The number of nitrogens with zero attached hydrogens (tertiary/aromatic N) is 1. The molecule has 1 N–H and O–H groups in total. The molecule has 0 spiro atoms. The van der Waals surface area contributed by atoms with Crippen molar-refractivity contribution >= 4 is 17.6 Å². The van der Waals surface area contributed by atoms with E-state index in [1.165, 1.54) is 11.8 Å². The summed E-state index contributed by atoms with van der Waals surface area (Å²) in [7, 11) is 0. The Morgan fingerprint density at radius 3 is 2.29 bits per heavy atom. The quantitative estimate of drug-likeness (QED) is 0.938. The van der Waals surface area contributed by atoms with Crippen LogP contribution in [0.5, 0.6) is 0 Å². The van der Waals surface area contributed by atoms with Gasteiger partial charge in [-0.2, -0.15) is 0 Å². The van der Waals surface area contributed by atoms with E-state index in [1.54, 1.807) is 44.2 Å². The average molecular weight is 287 g/mol. The lowest BCUT2D eigenvalue weighted by molar-refractivity contribution is -0.138. The lowest BCUT2D eigenvalue weighted by Gasteiger charge is -2.26. The molecule has 110 valence electrons. The molecule has 1 heterocycles. The maximum absolute atomic E-state index is 12.7. The second-order valence-electron chi connectivity index (χ2n) is 4.85. The highest BCUT2D eigenvalue weighted by Crippen LogP contribution is 2.23. The molecule has 1 atom stereocenters. The first kappa shape index (κ1) is 14.8. The standard InChI is InChI=1S/C16H17NO4/c1-10-9-14(12(3)21-10)15(18)17(11(2)16(19)20)13-7-5-4-6-8-13/h4-9,11H,1-3H3,(H,19,20)/t11-/m0/s1. The van der Waals surface area contributed by atoms with E-state index in [1.807, 2.05) is 6.07 Å². The van der Waals surface area contributed by atoms with Gasteiger partial charge in [0.2, 0.25) is 0 Å². The summed E-state index contributed by atoms with van der Waals surface area (Å²) in [5.74, 6) is -0.349. The van der Waals surface area contributed by atoms with Crippen molar-refractivity contribution in [1.29, 1.82) is 0 Å². The van der Waals surface area contributed by atoms with Crippen LogP contribution < -0.4 is 4.90 Å². The number of hydrogen-bond acceptors (Lipinski definition) is 3. The molecule has 0 aliphatic heterocycles. The van der Waals surface area contributed by atoms with Crippen LogP contribution in [-0.2, 0) is 4.79 Å². The molecule has 0 fully saturated rings. The van der Waals surface area contributed by atoms with Gasteiger partial charge in [0.1, 0.15) is 17.6 Å². The number of rotatable bonds is 4. The van der Waals surface area contributed by atoms with Crippen molar-refractivity contribution < 1.29 is 19.1 Å². The molecule has 0 unspecified atom stereocenters. The first-order valence-electron chi connectivity index (χ1n) is 6.60. The Labute approximate surface area is 122 Å². The summed E-state index contributed by atoms with van der Waals surface area (Å²) in [5, 5.41) is 9.27.